The number of hydrogen-bond donors (Lipinski definition) is 1. The molecule has 1 N–H and O–H groups in total. The molecule has 0 aliphatic carbocycles. The number of ether oxygens (including phenoxy) is 1. The monoisotopic (exact) mass is 476 g/mol. The first-order valence-corrected chi connectivity index (χ1v) is 10.6. The Labute approximate surface area is 189 Å². The number of benzene rings is 2. The van der Waals surface area contributed by atoms with Crippen LogP contribution in [0.15, 0.2) is 83.6 Å². The van der Waals surface area contributed by atoms with Gasteiger partial charge in [-0.05, 0) is 48.4 Å². The van der Waals surface area contributed by atoms with Crippen molar-refractivity contribution < 1.29 is 9.53 Å². The van der Waals surface area contributed by atoms with Crippen LogP contribution in [0.4, 0.5) is 0 Å². The lowest BCUT2D eigenvalue weighted by Gasteiger charge is -2.09. The van der Waals surface area contributed by atoms with E-state index in [2.05, 4.69) is 31.3 Å². The number of hydrogen-bond acceptors (Lipinski definition) is 4. The molecule has 0 saturated heterocycles. The molecule has 2 heterocycles. The van der Waals surface area contributed by atoms with Crippen LogP contribution in [0.3, 0.4) is 0 Å². The molecule has 0 aliphatic heterocycles. The second-order valence-corrected chi connectivity index (χ2v) is 7.91. The number of carbonyl (C=O) groups is 1. The molecule has 0 fully saturated rings. The van der Waals surface area contributed by atoms with Gasteiger partial charge in [0.1, 0.15) is 6.61 Å². The van der Waals surface area contributed by atoms with E-state index in [-0.39, 0.29) is 5.91 Å². The molecule has 7 heteroatoms. The maximum absolute atomic E-state index is 12.7. The third-order valence-corrected chi connectivity index (χ3v) is 5.34. The minimum Gasteiger partial charge on any atom is -0.473 e. The quantitative estimate of drug-likeness (QED) is 0.414. The predicted octanol–water partition coefficient (Wildman–Crippen LogP) is 4.85. The molecule has 4 aromatic rings. The van der Waals surface area contributed by atoms with Gasteiger partial charge in [0, 0.05) is 23.3 Å². The first-order chi connectivity index (χ1) is 15.1. The number of pyridine rings is 1. The minimum absolute atomic E-state index is 0.176. The molecule has 0 saturated carbocycles. The Hall–Kier alpha value is -3.45. The Kier molecular flexibility index (Phi) is 6.43. The molecule has 0 atom stereocenters. The van der Waals surface area contributed by atoms with Crippen molar-refractivity contribution >= 4 is 21.8 Å². The molecular formula is C24H21BrN4O2. The van der Waals surface area contributed by atoms with Crippen LogP contribution in [-0.4, -0.2) is 20.7 Å². The van der Waals surface area contributed by atoms with Gasteiger partial charge in [-0.25, -0.2) is 9.67 Å². The van der Waals surface area contributed by atoms with Crippen molar-refractivity contribution in [2.45, 2.75) is 20.1 Å². The van der Waals surface area contributed by atoms with E-state index in [1.54, 1.807) is 17.1 Å². The summed E-state index contributed by atoms with van der Waals surface area (Å²) in [6.07, 6.45) is 3.27. The molecule has 0 aliphatic rings. The fraction of sp³-hybridized carbons (Fsp3) is 0.125. The van der Waals surface area contributed by atoms with E-state index < -0.39 is 0 Å². The van der Waals surface area contributed by atoms with Gasteiger partial charge in [0.15, 0.2) is 0 Å². The van der Waals surface area contributed by atoms with Gasteiger partial charge in [-0.1, -0.05) is 46.3 Å². The summed E-state index contributed by atoms with van der Waals surface area (Å²) in [5.74, 6) is 0.347. The number of amides is 1. The third kappa shape index (κ3) is 5.19. The highest BCUT2D eigenvalue weighted by Crippen LogP contribution is 2.18. The zero-order chi connectivity index (χ0) is 21.6. The van der Waals surface area contributed by atoms with Crippen LogP contribution in [0.25, 0.3) is 5.69 Å². The van der Waals surface area contributed by atoms with Crippen molar-refractivity contribution in [1.29, 1.82) is 0 Å². The normalized spacial score (nSPS) is 10.6. The number of nitrogens with zero attached hydrogens (tertiary/aromatic N) is 3. The van der Waals surface area contributed by atoms with Crippen LogP contribution in [-0.2, 0) is 13.2 Å². The molecule has 0 bridgehead atoms. The molecule has 2 aromatic carbocycles. The van der Waals surface area contributed by atoms with Crippen LogP contribution in [0, 0.1) is 6.92 Å². The van der Waals surface area contributed by atoms with E-state index >= 15 is 0 Å². The summed E-state index contributed by atoms with van der Waals surface area (Å²) in [6, 6.07) is 21.4. The minimum atomic E-state index is -0.176. The van der Waals surface area contributed by atoms with Crippen LogP contribution in [0.1, 0.15) is 27.2 Å². The zero-order valence-electron chi connectivity index (χ0n) is 17.0. The molecule has 6 nitrogen and oxygen atoms in total. The van der Waals surface area contributed by atoms with Crippen LogP contribution < -0.4 is 10.1 Å². The predicted molar refractivity (Wildman–Crippen MR) is 122 cm³/mol. The lowest BCUT2D eigenvalue weighted by atomic mass is 10.2. The molecular weight excluding hydrogens is 456 g/mol. The Morgan fingerprint density at radius 2 is 1.84 bits per heavy atom. The van der Waals surface area contributed by atoms with E-state index in [1.807, 2.05) is 73.7 Å². The number of carbonyl (C=O) groups excluding carboxylic acids is 1. The van der Waals surface area contributed by atoms with Crippen molar-refractivity contribution in [2.24, 2.45) is 0 Å². The maximum atomic E-state index is 12.7. The van der Waals surface area contributed by atoms with Gasteiger partial charge in [0.2, 0.25) is 5.88 Å². The summed E-state index contributed by atoms with van der Waals surface area (Å²) < 4.78 is 8.51. The van der Waals surface area contributed by atoms with Crippen LogP contribution in [0.2, 0.25) is 0 Å². The van der Waals surface area contributed by atoms with Gasteiger partial charge >= 0.3 is 0 Å². The number of halogens is 1. The van der Waals surface area contributed by atoms with Gasteiger partial charge in [-0.15, -0.1) is 0 Å². The van der Waals surface area contributed by atoms with Gasteiger partial charge in [-0.2, -0.15) is 5.10 Å². The number of rotatable bonds is 7. The molecule has 0 spiro atoms. The summed E-state index contributed by atoms with van der Waals surface area (Å²) >= 11 is 3.43. The fourth-order valence-electron chi connectivity index (χ4n) is 3.12. The summed E-state index contributed by atoms with van der Waals surface area (Å²) in [6.45, 7) is 2.69. The van der Waals surface area contributed by atoms with E-state index in [4.69, 9.17) is 4.74 Å². The highest BCUT2D eigenvalue weighted by Gasteiger charge is 2.15. The first kappa shape index (κ1) is 20.8. The lowest BCUT2D eigenvalue weighted by Crippen LogP contribution is -2.23. The highest BCUT2D eigenvalue weighted by molar-refractivity contribution is 9.10. The second-order valence-electron chi connectivity index (χ2n) is 6.99. The lowest BCUT2D eigenvalue weighted by molar-refractivity contribution is 0.0950. The van der Waals surface area contributed by atoms with Gasteiger partial charge in [0.05, 0.1) is 23.1 Å². The van der Waals surface area contributed by atoms with E-state index in [1.165, 1.54) is 0 Å². The molecule has 4 rings (SSSR count). The van der Waals surface area contributed by atoms with E-state index in [0.717, 1.165) is 27.0 Å². The Morgan fingerprint density at radius 3 is 2.61 bits per heavy atom. The highest BCUT2D eigenvalue weighted by atomic mass is 79.9. The van der Waals surface area contributed by atoms with Gasteiger partial charge < -0.3 is 10.1 Å². The summed E-state index contributed by atoms with van der Waals surface area (Å²) in [4.78, 5) is 17.0. The summed E-state index contributed by atoms with van der Waals surface area (Å²) in [5, 5.41) is 7.32. The van der Waals surface area contributed by atoms with Crippen molar-refractivity contribution in [3.8, 4) is 11.6 Å². The maximum Gasteiger partial charge on any atom is 0.255 e. The number of nitrogens with one attached hydrogen (secondary N) is 1. The standard InChI is InChI=1S/C24H21BrN4O2/c1-17-22(15-28-29(17)21-9-7-20(25)8-10-21)24(30)27-14-19-11-12-26-23(13-19)31-16-18-5-3-2-4-6-18/h2-13,15H,14,16H2,1H3,(H,27,30). The molecule has 0 unspecified atom stereocenters. The smallest absolute Gasteiger partial charge is 0.255 e. The SMILES string of the molecule is Cc1c(C(=O)NCc2ccnc(OCc3ccccc3)c2)cnn1-c1ccc(Br)cc1. The van der Waals surface area contributed by atoms with Crippen molar-refractivity contribution in [2.75, 3.05) is 0 Å². The second kappa shape index (κ2) is 9.57. The van der Waals surface area contributed by atoms with Crippen molar-refractivity contribution in [3.05, 3.63) is 106 Å². The van der Waals surface area contributed by atoms with Crippen LogP contribution >= 0.6 is 15.9 Å². The summed E-state index contributed by atoms with van der Waals surface area (Å²) in [7, 11) is 0. The Morgan fingerprint density at radius 1 is 1.06 bits per heavy atom. The zero-order valence-corrected chi connectivity index (χ0v) is 18.5. The Bertz CT molecular complexity index is 1170. The van der Waals surface area contributed by atoms with E-state index in [0.29, 0.717) is 24.6 Å². The third-order valence-electron chi connectivity index (χ3n) is 4.81. The molecule has 2 aromatic heterocycles. The molecule has 156 valence electrons. The van der Waals surface area contributed by atoms with Gasteiger partial charge in [0.25, 0.3) is 5.91 Å². The Balaban J connectivity index is 1.38. The van der Waals surface area contributed by atoms with Crippen molar-refractivity contribution in [1.82, 2.24) is 20.1 Å². The largest absolute Gasteiger partial charge is 0.473 e. The van der Waals surface area contributed by atoms with Gasteiger partial charge in [-0.3, -0.25) is 4.79 Å². The first-order valence-electron chi connectivity index (χ1n) is 9.80. The molecule has 31 heavy (non-hydrogen) atoms. The average Bonchev–Trinajstić information content (AvgIpc) is 3.19. The van der Waals surface area contributed by atoms with Crippen molar-refractivity contribution in [3.63, 3.8) is 0 Å². The van der Waals surface area contributed by atoms with Crippen LogP contribution in [0.5, 0.6) is 5.88 Å². The average molecular weight is 477 g/mol. The molecule has 1 amide bonds. The number of aromatic nitrogens is 3. The fourth-order valence-corrected chi connectivity index (χ4v) is 3.39. The molecule has 0 radical (unpaired) electrons. The van der Waals surface area contributed by atoms with E-state index in [9.17, 15) is 4.79 Å². The topological polar surface area (TPSA) is 69.0 Å². The summed E-state index contributed by atoms with van der Waals surface area (Å²) in [5.41, 5.74) is 4.19.